The predicted octanol–water partition coefficient (Wildman–Crippen LogP) is 3.61. The van der Waals surface area contributed by atoms with E-state index in [-0.39, 0.29) is 11.1 Å². The molecule has 3 heteroatoms. The van der Waals surface area contributed by atoms with E-state index in [0.29, 0.717) is 0 Å². The van der Waals surface area contributed by atoms with Crippen LogP contribution >= 0.6 is 11.6 Å². The van der Waals surface area contributed by atoms with Crippen molar-refractivity contribution in [2.75, 3.05) is 13.1 Å². The van der Waals surface area contributed by atoms with E-state index in [1.54, 1.807) is 0 Å². The molecule has 0 aromatic heterocycles. The summed E-state index contributed by atoms with van der Waals surface area (Å²) < 4.78 is 0. The molecule has 0 spiro atoms. The lowest BCUT2D eigenvalue weighted by Gasteiger charge is -2.49. The van der Waals surface area contributed by atoms with Crippen LogP contribution in [0, 0.1) is 6.92 Å². The predicted molar refractivity (Wildman–Crippen MR) is 82.8 cm³/mol. The fourth-order valence-electron chi connectivity index (χ4n) is 2.57. The highest BCUT2D eigenvalue weighted by Gasteiger charge is 2.37. The minimum Gasteiger partial charge on any atom is -0.309 e. The first-order chi connectivity index (χ1) is 8.70. The molecule has 1 aromatic carbocycles. The molecule has 19 heavy (non-hydrogen) atoms. The van der Waals surface area contributed by atoms with Gasteiger partial charge in [0, 0.05) is 35.7 Å². The number of nitrogens with zero attached hydrogens (tertiary/aromatic N) is 1. The number of hydrogen-bond acceptors (Lipinski definition) is 2. The van der Waals surface area contributed by atoms with Gasteiger partial charge in [-0.3, -0.25) is 4.90 Å². The van der Waals surface area contributed by atoms with Gasteiger partial charge in [-0.15, -0.1) is 0 Å². The lowest BCUT2D eigenvalue weighted by atomic mass is 9.91. The van der Waals surface area contributed by atoms with Crippen molar-refractivity contribution in [3.05, 3.63) is 34.3 Å². The Morgan fingerprint density at radius 2 is 1.95 bits per heavy atom. The Morgan fingerprint density at radius 3 is 2.58 bits per heavy atom. The molecule has 2 nitrogen and oxygen atoms in total. The average molecular weight is 281 g/mol. The Bertz CT molecular complexity index is 466. The van der Waals surface area contributed by atoms with Crippen molar-refractivity contribution in [1.29, 1.82) is 0 Å². The molecule has 0 radical (unpaired) electrons. The monoisotopic (exact) mass is 280 g/mol. The van der Waals surface area contributed by atoms with E-state index >= 15 is 0 Å². The fourth-order valence-corrected chi connectivity index (χ4v) is 2.87. The molecule has 2 rings (SSSR count). The minimum absolute atomic E-state index is 0.156. The van der Waals surface area contributed by atoms with Crippen LogP contribution in [0.2, 0.25) is 5.02 Å². The number of nitrogens with one attached hydrogen (secondary N) is 1. The van der Waals surface area contributed by atoms with Gasteiger partial charge in [0.05, 0.1) is 0 Å². The van der Waals surface area contributed by atoms with Crippen molar-refractivity contribution < 1.29 is 0 Å². The molecule has 1 heterocycles. The van der Waals surface area contributed by atoms with Crippen molar-refractivity contribution in [1.82, 2.24) is 10.2 Å². The molecule has 1 N–H and O–H groups in total. The third-order valence-corrected chi connectivity index (χ3v) is 4.36. The summed E-state index contributed by atoms with van der Waals surface area (Å²) in [5.74, 6) is 0. The summed E-state index contributed by atoms with van der Waals surface area (Å²) in [6, 6.07) is 6.35. The van der Waals surface area contributed by atoms with Gasteiger partial charge in [0.1, 0.15) is 0 Å². The SMILES string of the molecule is Cc1ccc(CN2CC(C)(C)NCC2(C)C)c(Cl)c1. The molecule has 1 aliphatic heterocycles. The van der Waals surface area contributed by atoms with E-state index in [9.17, 15) is 0 Å². The van der Waals surface area contributed by atoms with Crippen molar-refractivity contribution in [2.45, 2.75) is 52.2 Å². The number of halogens is 1. The summed E-state index contributed by atoms with van der Waals surface area (Å²) in [6.07, 6.45) is 0. The largest absolute Gasteiger partial charge is 0.309 e. The van der Waals surface area contributed by atoms with Crippen molar-refractivity contribution in [2.24, 2.45) is 0 Å². The van der Waals surface area contributed by atoms with Gasteiger partial charge in [-0.1, -0.05) is 23.7 Å². The molecular weight excluding hydrogens is 256 g/mol. The lowest BCUT2D eigenvalue weighted by Crippen LogP contribution is -2.65. The fraction of sp³-hybridized carbons (Fsp3) is 0.625. The van der Waals surface area contributed by atoms with Crippen LogP contribution in [0.25, 0.3) is 0 Å². The number of hydrogen-bond donors (Lipinski definition) is 1. The number of piperazine rings is 1. The highest BCUT2D eigenvalue weighted by Crippen LogP contribution is 2.28. The summed E-state index contributed by atoms with van der Waals surface area (Å²) in [7, 11) is 0. The summed E-state index contributed by atoms with van der Waals surface area (Å²) in [6.45, 7) is 14.1. The third kappa shape index (κ3) is 3.50. The number of rotatable bonds is 2. The first-order valence-corrected chi connectivity index (χ1v) is 7.33. The van der Waals surface area contributed by atoms with Gasteiger partial charge in [-0.05, 0) is 51.8 Å². The molecule has 1 saturated heterocycles. The first kappa shape index (κ1) is 14.8. The van der Waals surface area contributed by atoms with Crippen LogP contribution in [0.3, 0.4) is 0 Å². The molecule has 0 bridgehead atoms. The Hall–Kier alpha value is -0.570. The zero-order valence-electron chi connectivity index (χ0n) is 12.7. The molecule has 0 aliphatic carbocycles. The number of aryl methyl sites for hydroxylation is 1. The Labute approximate surface area is 122 Å². The van der Waals surface area contributed by atoms with Crippen LogP contribution in [-0.4, -0.2) is 29.1 Å². The van der Waals surface area contributed by atoms with E-state index in [0.717, 1.165) is 24.7 Å². The molecule has 1 aliphatic rings. The molecule has 0 saturated carbocycles. The smallest absolute Gasteiger partial charge is 0.0453 e. The van der Waals surface area contributed by atoms with E-state index in [1.165, 1.54) is 11.1 Å². The molecule has 0 amide bonds. The molecule has 1 fully saturated rings. The zero-order valence-corrected chi connectivity index (χ0v) is 13.4. The summed E-state index contributed by atoms with van der Waals surface area (Å²) >= 11 is 6.37. The maximum atomic E-state index is 6.37. The normalized spacial score (nSPS) is 22.4. The van der Waals surface area contributed by atoms with Gasteiger partial charge < -0.3 is 5.32 Å². The Kier molecular flexibility index (Phi) is 3.97. The van der Waals surface area contributed by atoms with Crippen LogP contribution < -0.4 is 5.32 Å². The van der Waals surface area contributed by atoms with Gasteiger partial charge in [0.2, 0.25) is 0 Å². The van der Waals surface area contributed by atoms with Gasteiger partial charge in [0.25, 0.3) is 0 Å². The summed E-state index contributed by atoms with van der Waals surface area (Å²) in [5.41, 5.74) is 2.75. The zero-order chi connectivity index (χ0) is 14.3. The highest BCUT2D eigenvalue weighted by atomic mass is 35.5. The van der Waals surface area contributed by atoms with Crippen LogP contribution in [0.15, 0.2) is 18.2 Å². The number of benzene rings is 1. The van der Waals surface area contributed by atoms with Crippen LogP contribution in [0.1, 0.15) is 38.8 Å². The third-order valence-electron chi connectivity index (χ3n) is 4.01. The van der Waals surface area contributed by atoms with Gasteiger partial charge >= 0.3 is 0 Å². The molecular formula is C16H25ClN2. The van der Waals surface area contributed by atoms with Gasteiger partial charge in [0.15, 0.2) is 0 Å². The van der Waals surface area contributed by atoms with Crippen LogP contribution in [0.4, 0.5) is 0 Å². The molecule has 0 unspecified atom stereocenters. The van der Waals surface area contributed by atoms with E-state index in [1.807, 2.05) is 0 Å². The van der Waals surface area contributed by atoms with E-state index in [4.69, 9.17) is 11.6 Å². The van der Waals surface area contributed by atoms with Crippen LogP contribution in [0.5, 0.6) is 0 Å². The van der Waals surface area contributed by atoms with E-state index < -0.39 is 0 Å². The van der Waals surface area contributed by atoms with Crippen molar-refractivity contribution in [3.8, 4) is 0 Å². The second-order valence-electron chi connectivity index (χ2n) is 7.00. The summed E-state index contributed by atoms with van der Waals surface area (Å²) in [5, 5.41) is 4.50. The summed E-state index contributed by atoms with van der Waals surface area (Å²) in [4.78, 5) is 2.53. The molecule has 1 aromatic rings. The lowest BCUT2D eigenvalue weighted by molar-refractivity contribution is 0.0324. The average Bonchev–Trinajstić information content (AvgIpc) is 2.28. The van der Waals surface area contributed by atoms with Gasteiger partial charge in [-0.25, -0.2) is 0 Å². The minimum atomic E-state index is 0.156. The Morgan fingerprint density at radius 1 is 1.26 bits per heavy atom. The molecule has 106 valence electrons. The second kappa shape index (κ2) is 5.08. The van der Waals surface area contributed by atoms with Crippen molar-refractivity contribution >= 4 is 11.6 Å². The maximum absolute atomic E-state index is 6.37. The van der Waals surface area contributed by atoms with Crippen LogP contribution in [-0.2, 0) is 6.54 Å². The molecule has 0 atom stereocenters. The standard InChI is InChI=1S/C16H25ClN2/c1-12-6-7-13(14(17)8-12)9-19-11-15(2,3)18-10-16(19,4)5/h6-8,18H,9-11H2,1-5H3. The maximum Gasteiger partial charge on any atom is 0.0453 e. The first-order valence-electron chi connectivity index (χ1n) is 6.95. The van der Waals surface area contributed by atoms with E-state index in [2.05, 4.69) is 63.0 Å². The Balaban J connectivity index is 2.20. The van der Waals surface area contributed by atoms with Crippen molar-refractivity contribution in [3.63, 3.8) is 0 Å². The quantitative estimate of drug-likeness (QED) is 0.890. The second-order valence-corrected chi connectivity index (χ2v) is 7.41. The highest BCUT2D eigenvalue weighted by molar-refractivity contribution is 6.31. The van der Waals surface area contributed by atoms with Gasteiger partial charge in [-0.2, -0.15) is 0 Å². The topological polar surface area (TPSA) is 15.3 Å².